The summed E-state index contributed by atoms with van der Waals surface area (Å²) in [5, 5.41) is 11.4. The summed E-state index contributed by atoms with van der Waals surface area (Å²) < 4.78 is 25.1. The number of amides is 2. The van der Waals surface area contributed by atoms with Gasteiger partial charge in [0.15, 0.2) is 5.79 Å². The number of ether oxygens (including phenoxy) is 4. The molecule has 3 heterocycles. The van der Waals surface area contributed by atoms with Gasteiger partial charge >= 0.3 is 5.97 Å². The van der Waals surface area contributed by atoms with Gasteiger partial charge in [-0.05, 0) is 55.8 Å². The van der Waals surface area contributed by atoms with E-state index in [0.29, 0.717) is 22.8 Å². The van der Waals surface area contributed by atoms with Gasteiger partial charge in [-0.3, -0.25) is 14.5 Å². The fourth-order valence-corrected chi connectivity index (χ4v) is 6.33. The number of esters is 1. The van der Waals surface area contributed by atoms with Gasteiger partial charge in [0.1, 0.15) is 23.6 Å². The fraction of sp³-hybridized carbons (Fsp3) is 0.237. The van der Waals surface area contributed by atoms with Crippen LogP contribution >= 0.6 is 0 Å². The fourth-order valence-electron chi connectivity index (χ4n) is 6.33. The first-order valence-electron chi connectivity index (χ1n) is 16.1. The summed E-state index contributed by atoms with van der Waals surface area (Å²) in [7, 11) is 1.54. The van der Waals surface area contributed by atoms with Gasteiger partial charge in [0.05, 0.1) is 31.2 Å². The van der Waals surface area contributed by atoms with Gasteiger partial charge in [0.25, 0.3) is 17.4 Å². The molecule has 2 saturated heterocycles. The van der Waals surface area contributed by atoms with Crippen molar-refractivity contribution in [2.24, 2.45) is 0 Å². The molecule has 5 aromatic rings. The van der Waals surface area contributed by atoms with E-state index in [1.165, 1.54) is 9.58 Å². The molecule has 4 aromatic carbocycles. The number of methoxy groups -OCH3 is 1. The average Bonchev–Trinajstić information content (AvgIpc) is 3.78. The van der Waals surface area contributed by atoms with E-state index in [2.05, 4.69) is 15.6 Å². The second-order valence-corrected chi connectivity index (χ2v) is 12.4. The lowest BCUT2D eigenvalue weighted by Crippen LogP contribution is -2.83. The van der Waals surface area contributed by atoms with Crippen LogP contribution in [0.5, 0.6) is 5.75 Å². The van der Waals surface area contributed by atoms with Crippen LogP contribution in [0.1, 0.15) is 29.8 Å². The van der Waals surface area contributed by atoms with Crippen LogP contribution in [-0.4, -0.2) is 70.0 Å². The summed E-state index contributed by atoms with van der Waals surface area (Å²) in [5.74, 6) is -2.85. The summed E-state index contributed by atoms with van der Waals surface area (Å²) in [6.45, 7) is 3.62. The van der Waals surface area contributed by atoms with Gasteiger partial charge in [-0.25, -0.2) is 9.48 Å². The molecule has 2 aliphatic rings. The molecular formula is C38H35N5O7. The standard InChI is InChI=1S/C38H35N5O7/c1-37(2)48-24-32(49-37)33-38(35(45)39-22-25-12-6-4-7-13-25,36(46)43(33)27-18-20-28(47-3)21-19-27)50-34(44)29-16-10-11-17-31(29)42-23-30(40-41-42)26-14-8-5-9-15-26/h4-21,23,32-33H,22,24H2,1-3H3,(H,39,45)/t32-,33+,38+/m1/s1. The molecule has 12 nitrogen and oxygen atoms in total. The van der Waals surface area contributed by atoms with E-state index < -0.39 is 41.3 Å². The van der Waals surface area contributed by atoms with Crippen LogP contribution in [0, 0.1) is 0 Å². The Morgan fingerprint density at radius 3 is 2.28 bits per heavy atom. The number of anilines is 1. The normalized spacial score (nSPS) is 20.9. The van der Waals surface area contributed by atoms with E-state index in [1.54, 1.807) is 75.7 Å². The van der Waals surface area contributed by atoms with Gasteiger partial charge in [0.2, 0.25) is 0 Å². The van der Waals surface area contributed by atoms with Crippen molar-refractivity contribution >= 4 is 23.5 Å². The molecule has 0 unspecified atom stereocenters. The van der Waals surface area contributed by atoms with Crippen LogP contribution in [0.2, 0.25) is 0 Å². The van der Waals surface area contributed by atoms with E-state index in [-0.39, 0.29) is 18.7 Å². The highest BCUT2D eigenvalue weighted by Gasteiger charge is 2.73. The molecule has 2 amide bonds. The molecule has 3 atom stereocenters. The van der Waals surface area contributed by atoms with Crippen molar-refractivity contribution in [3.8, 4) is 22.7 Å². The van der Waals surface area contributed by atoms with Crippen LogP contribution in [-0.2, 0) is 30.3 Å². The Labute approximate surface area is 288 Å². The van der Waals surface area contributed by atoms with Crippen LogP contribution in [0.15, 0.2) is 115 Å². The van der Waals surface area contributed by atoms with Crippen LogP contribution in [0.3, 0.4) is 0 Å². The third kappa shape index (κ3) is 5.99. The number of para-hydroxylation sites is 1. The molecule has 7 rings (SSSR count). The van der Waals surface area contributed by atoms with Crippen LogP contribution in [0.4, 0.5) is 5.69 Å². The summed E-state index contributed by atoms with van der Waals surface area (Å²) in [6.07, 6.45) is 0.859. The van der Waals surface area contributed by atoms with Crippen molar-refractivity contribution < 1.29 is 33.3 Å². The largest absolute Gasteiger partial charge is 0.497 e. The monoisotopic (exact) mass is 673 g/mol. The van der Waals surface area contributed by atoms with Crippen molar-refractivity contribution in [2.45, 2.75) is 43.9 Å². The number of nitrogens with zero attached hydrogens (tertiary/aromatic N) is 4. The molecule has 0 bridgehead atoms. The molecule has 254 valence electrons. The van der Waals surface area contributed by atoms with E-state index in [4.69, 9.17) is 18.9 Å². The molecule has 0 saturated carbocycles. The molecule has 0 spiro atoms. The molecule has 0 radical (unpaired) electrons. The van der Waals surface area contributed by atoms with Gasteiger partial charge in [-0.1, -0.05) is 78.0 Å². The second-order valence-electron chi connectivity index (χ2n) is 12.4. The number of carbonyl (C=O) groups is 3. The minimum atomic E-state index is -2.31. The third-order valence-corrected chi connectivity index (χ3v) is 8.78. The molecule has 50 heavy (non-hydrogen) atoms. The summed E-state index contributed by atoms with van der Waals surface area (Å²) >= 11 is 0. The quantitative estimate of drug-likeness (QED) is 0.127. The molecule has 0 aliphatic carbocycles. The molecule has 1 N–H and O–H groups in total. The maximum atomic E-state index is 14.5. The van der Waals surface area contributed by atoms with Crippen LogP contribution < -0.4 is 15.0 Å². The highest BCUT2D eigenvalue weighted by molar-refractivity contribution is 6.24. The summed E-state index contributed by atoms with van der Waals surface area (Å²) in [4.78, 5) is 44.7. The smallest absolute Gasteiger partial charge is 0.342 e. The molecule has 12 heteroatoms. The van der Waals surface area contributed by atoms with Crippen molar-refractivity contribution in [1.29, 1.82) is 0 Å². The van der Waals surface area contributed by atoms with Gasteiger partial charge in [0, 0.05) is 17.8 Å². The maximum absolute atomic E-state index is 14.5. The molecule has 2 aliphatic heterocycles. The SMILES string of the molecule is COc1ccc(N2C(=O)[C@@](OC(=O)c3ccccc3-n3cc(-c4ccccc4)nn3)(C(=O)NCc3ccccc3)[C@@H]2[C@H]2COC(C)(C)O2)cc1. The first-order chi connectivity index (χ1) is 24.2. The van der Waals surface area contributed by atoms with Gasteiger partial charge in [-0.2, -0.15) is 0 Å². The predicted molar refractivity (Wildman–Crippen MR) is 182 cm³/mol. The van der Waals surface area contributed by atoms with E-state index in [1.807, 2.05) is 60.7 Å². The molecule has 1 aromatic heterocycles. The number of nitrogens with one attached hydrogen (secondary N) is 1. The van der Waals surface area contributed by atoms with Crippen molar-refractivity contribution in [3.05, 3.63) is 127 Å². The van der Waals surface area contributed by atoms with Crippen molar-refractivity contribution in [3.63, 3.8) is 0 Å². The Morgan fingerprint density at radius 2 is 1.60 bits per heavy atom. The summed E-state index contributed by atoms with van der Waals surface area (Å²) in [5.41, 5.74) is 0.810. The third-order valence-electron chi connectivity index (χ3n) is 8.78. The second kappa shape index (κ2) is 13.2. The Bertz CT molecular complexity index is 2020. The van der Waals surface area contributed by atoms with E-state index >= 15 is 0 Å². The lowest BCUT2D eigenvalue weighted by Gasteiger charge is -2.54. The Hall–Kier alpha value is -5.85. The zero-order chi connectivity index (χ0) is 34.9. The average molecular weight is 674 g/mol. The number of hydrogen-bond acceptors (Lipinski definition) is 9. The number of benzene rings is 4. The lowest BCUT2D eigenvalue weighted by atomic mass is 9.76. The zero-order valence-corrected chi connectivity index (χ0v) is 27.7. The van der Waals surface area contributed by atoms with Gasteiger partial charge in [-0.15, -0.1) is 5.10 Å². The number of aromatic nitrogens is 3. The molecule has 2 fully saturated rings. The maximum Gasteiger partial charge on any atom is 0.342 e. The zero-order valence-electron chi connectivity index (χ0n) is 27.7. The minimum absolute atomic E-state index is 0.0423. The molecular weight excluding hydrogens is 638 g/mol. The van der Waals surface area contributed by atoms with E-state index in [9.17, 15) is 14.4 Å². The van der Waals surface area contributed by atoms with Crippen molar-refractivity contribution in [1.82, 2.24) is 20.3 Å². The highest BCUT2D eigenvalue weighted by atomic mass is 16.7. The number of rotatable bonds is 10. The predicted octanol–water partition coefficient (Wildman–Crippen LogP) is 4.72. The number of β-lactam (4-membered cyclic amide) rings is 1. The minimum Gasteiger partial charge on any atom is -0.497 e. The lowest BCUT2D eigenvalue weighted by molar-refractivity contribution is -0.181. The van der Waals surface area contributed by atoms with Crippen LogP contribution in [0.25, 0.3) is 16.9 Å². The Balaban J connectivity index is 1.28. The Morgan fingerprint density at radius 1 is 0.920 bits per heavy atom. The number of carbonyl (C=O) groups excluding carboxylic acids is 3. The van der Waals surface area contributed by atoms with Gasteiger partial charge < -0.3 is 24.3 Å². The van der Waals surface area contributed by atoms with Crippen molar-refractivity contribution in [2.75, 3.05) is 18.6 Å². The first kappa shape index (κ1) is 32.7. The highest BCUT2D eigenvalue weighted by Crippen LogP contribution is 2.45. The summed E-state index contributed by atoms with van der Waals surface area (Å²) in [6, 6.07) is 31.1. The first-order valence-corrected chi connectivity index (χ1v) is 16.1. The van der Waals surface area contributed by atoms with E-state index in [0.717, 1.165) is 11.1 Å². The number of hydrogen-bond donors (Lipinski definition) is 1. The Kier molecular flexibility index (Phi) is 8.64. The topological polar surface area (TPSA) is 134 Å².